The molecule has 0 radical (unpaired) electrons. The largest absolute Gasteiger partial charge is 0.469 e. The van der Waals surface area contributed by atoms with Crippen LogP contribution in [-0.2, 0) is 14.3 Å². The highest BCUT2D eigenvalue weighted by molar-refractivity contribution is 5.82. The molecule has 0 aromatic carbocycles. The molecule has 3 heteroatoms. The molecule has 0 bridgehead atoms. The molecule has 1 rings (SSSR count). The van der Waals surface area contributed by atoms with Gasteiger partial charge in [-0.3, -0.25) is 9.59 Å². The molecule has 0 aromatic rings. The van der Waals surface area contributed by atoms with Crippen molar-refractivity contribution in [3.8, 4) is 0 Å². The molecule has 0 spiro atoms. The lowest BCUT2D eigenvalue weighted by atomic mass is 9.80. The van der Waals surface area contributed by atoms with E-state index in [-0.39, 0.29) is 23.6 Å². The van der Waals surface area contributed by atoms with Gasteiger partial charge >= 0.3 is 5.97 Å². The Morgan fingerprint density at radius 2 is 2.25 bits per heavy atom. The van der Waals surface area contributed by atoms with E-state index in [4.69, 9.17) is 0 Å². The van der Waals surface area contributed by atoms with E-state index in [0.29, 0.717) is 19.3 Å². The Hall–Kier alpha value is -0.860. The Morgan fingerprint density at radius 3 is 2.75 bits per heavy atom. The first-order valence-corrected chi connectivity index (χ1v) is 4.24. The summed E-state index contributed by atoms with van der Waals surface area (Å²) >= 11 is 0. The molecule has 0 heterocycles. The Labute approximate surface area is 72.1 Å². The number of hydrogen-bond donors (Lipinski definition) is 0. The number of Topliss-reactive ketones (excluding diaryl/α,β-unsaturated/α-hetero) is 1. The third-order valence-electron chi connectivity index (χ3n) is 2.47. The smallest absolute Gasteiger partial charge is 0.308 e. The topological polar surface area (TPSA) is 43.4 Å². The van der Waals surface area contributed by atoms with Crippen molar-refractivity contribution in [2.45, 2.75) is 26.2 Å². The predicted molar refractivity (Wildman–Crippen MR) is 43.5 cm³/mol. The fourth-order valence-electron chi connectivity index (χ4n) is 1.71. The Morgan fingerprint density at radius 1 is 1.58 bits per heavy atom. The average Bonchev–Trinajstić information content (AvgIpc) is 2.03. The quantitative estimate of drug-likeness (QED) is 0.555. The summed E-state index contributed by atoms with van der Waals surface area (Å²) in [5.74, 6) is 0.184. The molecular formula is C9H14O3. The Balaban J connectivity index is 2.56. The molecule has 0 aliphatic heterocycles. The van der Waals surface area contributed by atoms with Crippen molar-refractivity contribution in [3.05, 3.63) is 0 Å². The Bertz CT molecular complexity index is 198. The zero-order valence-electron chi connectivity index (χ0n) is 7.50. The maximum absolute atomic E-state index is 11.2. The summed E-state index contributed by atoms with van der Waals surface area (Å²) in [5, 5.41) is 0. The van der Waals surface area contributed by atoms with Gasteiger partial charge in [-0.25, -0.2) is 0 Å². The number of carbonyl (C=O) groups excluding carboxylic acids is 2. The van der Waals surface area contributed by atoms with Crippen molar-refractivity contribution in [2.24, 2.45) is 11.8 Å². The number of ketones is 1. The first kappa shape index (κ1) is 9.23. The number of methoxy groups -OCH3 is 1. The predicted octanol–water partition coefficient (Wildman–Crippen LogP) is 1.16. The SMILES string of the molecule is COC(=O)[C@@H]1CCC(=O)C[C@@H]1C. The number of carbonyl (C=O) groups is 2. The highest BCUT2D eigenvalue weighted by atomic mass is 16.5. The van der Waals surface area contributed by atoms with Crippen molar-refractivity contribution in [1.82, 2.24) is 0 Å². The third kappa shape index (κ3) is 1.84. The van der Waals surface area contributed by atoms with Gasteiger partial charge in [0.25, 0.3) is 0 Å². The van der Waals surface area contributed by atoms with Crippen LogP contribution in [0, 0.1) is 11.8 Å². The van der Waals surface area contributed by atoms with Crippen molar-refractivity contribution in [1.29, 1.82) is 0 Å². The lowest BCUT2D eigenvalue weighted by molar-refractivity contribution is -0.149. The van der Waals surface area contributed by atoms with E-state index in [1.165, 1.54) is 7.11 Å². The van der Waals surface area contributed by atoms with Crippen molar-refractivity contribution in [2.75, 3.05) is 7.11 Å². The second kappa shape index (κ2) is 3.70. The van der Waals surface area contributed by atoms with Crippen LogP contribution >= 0.6 is 0 Å². The molecule has 2 atom stereocenters. The summed E-state index contributed by atoms with van der Waals surface area (Å²) < 4.78 is 4.65. The molecule has 0 aromatic heterocycles. The normalized spacial score (nSPS) is 30.0. The van der Waals surface area contributed by atoms with E-state index in [2.05, 4.69) is 4.74 Å². The zero-order valence-corrected chi connectivity index (χ0v) is 7.50. The number of rotatable bonds is 1. The Kier molecular flexibility index (Phi) is 2.84. The maximum Gasteiger partial charge on any atom is 0.308 e. The minimum atomic E-state index is -0.171. The highest BCUT2D eigenvalue weighted by Gasteiger charge is 2.31. The summed E-state index contributed by atoms with van der Waals surface area (Å²) in [6.45, 7) is 1.93. The minimum Gasteiger partial charge on any atom is -0.469 e. The van der Waals surface area contributed by atoms with Gasteiger partial charge in [-0.05, 0) is 12.3 Å². The molecule has 0 amide bonds. The van der Waals surface area contributed by atoms with Crippen molar-refractivity contribution in [3.63, 3.8) is 0 Å². The molecule has 0 unspecified atom stereocenters. The molecule has 1 aliphatic rings. The van der Waals surface area contributed by atoms with Gasteiger partial charge in [0.05, 0.1) is 13.0 Å². The van der Waals surface area contributed by atoms with Crippen molar-refractivity contribution < 1.29 is 14.3 Å². The van der Waals surface area contributed by atoms with E-state index >= 15 is 0 Å². The fourth-order valence-corrected chi connectivity index (χ4v) is 1.71. The van der Waals surface area contributed by atoms with E-state index in [1.54, 1.807) is 0 Å². The van der Waals surface area contributed by atoms with Gasteiger partial charge in [0.1, 0.15) is 5.78 Å². The molecule has 68 valence electrons. The molecule has 1 aliphatic carbocycles. The van der Waals surface area contributed by atoms with E-state index in [0.717, 1.165) is 0 Å². The fraction of sp³-hybridized carbons (Fsp3) is 0.778. The van der Waals surface area contributed by atoms with Gasteiger partial charge in [0.2, 0.25) is 0 Å². The molecule has 0 N–H and O–H groups in total. The number of hydrogen-bond acceptors (Lipinski definition) is 3. The van der Waals surface area contributed by atoms with Gasteiger partial charge in [-0.15, -0.1) is 0 Å². The van der Waals surface area contributed by atoms with Gasteiger partial charge < -0.3 is 4.74 Å². The number of esters is 1. The van der Waals surface area contributed by atoms with Gasteiger partial charge in [-0.1, -0.05) is 6.92 Å². The van der Waals surface area contributed by atoms with Crippen LogP contribution in [0.4, 0.5) is 0 Å². The van der Waals surface area contributed by atoms with Crippen LogP contribution in [0.3, 0.4) is 0 Å². The molecule has 3 nitrogen and oxygen atoms in total. The molecule has 1 fully saturated rings. The van der Waals surface area contributed by atoms with Gasteiger partial charge in [-0.2, -0.15) is 0 Å². The van der Waals surface area contributed by atoms with Crippen molar-refractivity contribution >= 4 is 11.8 Å². The van der Waals surface area contributed by atoms with Crippen LogP contribution in [0.5, 0.6) is 0 Å². The van der Waals surface area contributed by atoms with Crippen LogP contribution in [0.15, 0.2) is 0 Å². The first-order valence-electron chi connectivity index (χ1n) is 4.24. The van der Waals surface area contributed by atoms with Crippen LogP contribution in [-0.4, -0.2) is 18.9 Å². The maximum atomic E-state index is 11.2. The lowest BCUT2D eigenvalue weighted by Gasteiger charge is -2.25. The van der Waals surface area contributed by atoms with Crippen LogP contribution < -0.4 is 0 Å². The van der Waals surface area contributed by atoms with Crippen LogP contribution in [0.2, 0.25) is 0 Å². The van der Waals surface area contributed by atoms with E-state index in [1.807, 2.05) is 6.92 Å². The van der Waals surface area contributed by atoms with E-state index < -0.39 is 0 Å². The van der Waals surface area contributed by atoms with E-state index in [9.17, 15) is 9.59 Å². The standard InChI is InChI=1S/C9H14O3/c1-6-5-7(10)3-4-8(6)9(11)12-2/h6,8H,3-5H2,1-2H3/t6-,8+/m0/s1. The molecule has 1 saturated carbocycles. The van der Waals surface area contributed by atoms with Crippen LogP contribution in [0.25, 0.3) is 0 Å². The summed E-state index contributed by atoms with van der Waals surface area (Å²) in [5.41, 5.74) is 0. The van der Waals surface area contributed by atoms with Crippen LogP contribution in [0.1, 0.15) is 26.2 Å². The monoisotopic (exact) mass is 170 g/mol. The summed E-state index contributed by atoms with van der Waals surface area (Å²) in [6, 6.07) is 0. The summed E-state index contributed by atoms with van der Waals surface area (Å²) in [6.07, 6.45) is 1.72. The summed E-state index contributed by atoms with van der Waals surface area (Å²) in [4.78, 5) is 22.1. The van der Waals surface area contributed by atoms with Gasteiger partial charge in [0.15, 0.2) is 0 Å². The zero-order chi connectivity index (χ0) is 9.14. The minimum absolute atomic E-state index is 0.0623. The molecule has 12 heavy (non-hydrogen) atoms. The third-order valence-corrected chi connectivity index (χ3v) is 2.47. The highest BCUT2D eigenvalue weighted by Crippen LogP contribution is 2.28. The number of ether oxygens (including phenoxy) is 1. The van der Waals surface area contributed by atoms with Gasteiger partial charge in [0, 0.05) is 12.8 Å². The summed E-state index contributed by atoms with van der Waals surface area (Å²) in [7, 11) is 1.39. The first-order chi connectivity index (χ1) is 5.65. The molecular weight excluding hydrogens is 156 g/mol. The second-order valence-corrected chi connectivity index (χ2v) is 3.39. The lowest BCUT2D eigenvalue weighted by Crippen LogP contribution is -2.29. The average molecular weight is 170 g/mol. The second-order valence-electron chi connectivity index (χ2n) is 3.39. The molecule has 0 saturated heterocycles.